The molecule has 0 aliphatic carbocycles. The van der Waals surface area contributed by atoms with E-state index in [4.69, 9.17) is 21.4 Å². The van der Waals surface area contributed by atoms with E-state index < -0.39 is 18.0 Å². The van der Waals surface area contributed by atoms with Crippen LogP contribution in [0.5, 0.6) is 5.75 Å². The van der Waals surface area contributed by atoms with Gasteiger partial charge in [-0.05, 0) is 76.6 Å². The molecule has 2 rings (SSSR count). The minimum absolute atomic E-state index is 0.0332. The molecular weight excluding hydrogens is 404 g/mol. The fourth-order valence-corrected chi connectivity index (χ4v) is 3.72. The summed E-state index contributed by atoms with van der Waals surface area (Å²) in [6.07, 6.45) is 6.45. The van der Waals surface area contributed by atoms with Gasteiger partial charge in [-0.3, -0.25) is 9.59 Å². The highest BCUT2D eigenvalue weighted by Gasteiger charge is 2.40. The number of ketones is 2. The average Bonchev–Trinajstić information content (AvgIpc) is 2.97. The van der Waals surface area contributed by atoms with Crippen LogP contribution in [0.4, 0.5) is 0 Å². The first kappa shape index (κ1) is 24.3. The number of ether oxygens (including phenoxy) is 1. The maximum absolute atomic E-state index is 11.9. The highest BCUT2D eigenvalue weighted by molar-refractivity contribution is 6.33. The molecule has 0 saturated carbocycles. The van der Waals surface area contributed by atoms with Crippen LogP contribution in [0.25, 0.3) is 0 Å². The molecular formula is C24H31ClO5. The third-order valence-corrected chi connectivity index (χ3v) is 6.13. The van der Waals surface area contributed by atoms with Crippen LogP contribution < -0.4 is 0 Å². The summed E-state index contributed by atoms with van der Waals surface area (Å²) in [6.45, 7) is 8.66. The molecule has 0 amide bonds. The standard InChI is InChI=1S/C24H31ClO5/c1-14(7-6-8-15(2)20-12-21(28)24(4,5)30-20)9-10-17-11-18(19(27)13-26)16(3)22(25)23(17)29/h8-9,11,20,26,29H,6-7,10,12-13H2,1-5H3/b14-9+,15-8-. The van der Waals surface area contributed by atoms with Gasteiger partial charge in [0.2, 0.25) is 0 Å². The quantitative estimate of drug-likeness (QED) is 0.450. The van der Waals surface area contributed by atoms with Crippen molar-refractivity contribution >= 4 is 23.2 Å². The Hall–Kier alpha value is -1.95. The van der Waals surface area contributed by atoms with Crippen molar-refractivity contribution in [3.8, 4) is 5.75 Å². The predicted octanol–water partition coefficient (Wildman–Crippen LogP) is 4.88. The van der Waals surface area contributed by atoms with Gasteiger partial charge in [-0.2, -0.15) is 0 Å². The molecule has 1 heterocycles. The number of aliphatic hydroxyl groups is 1. The Bertz CT molecular complexity index is 895. The molecule has 2 N–H and O–H groups in total. The molecule has 1 unspecified atom stereocenters. The maximum Gasteiger partial charge on any atom is 0.188 e. The van der Waals surface area contributed by atoms with E-state index in [1.807, 2.05) is 33.8 Å². The largest absolute Gasteiger partial charge is 0.506 e. The number of phenols is 1. The van der Waals surface area contributed by atoms with Crippen LogP contribution in [0.2, 0.25) is 5.02 Å². The topological polar surface area (TPSA) is 83.8 Å². The van der Waals surface area contributed by atoms with E-state index in [0.717, 1.165) is 24.0 Å². The summed E-state index contributed by atoms with van der Waals surface area (Å²) < 4.78 is 5.84. The summed E-state index contributed by atoms with van der Waals surface area (Å²) in [5.74, 6) is -0.325. The third kappa shape index (κ3) is 5.60. The SMILES string of the molecule is C/C(=C/CC/C(C)=C/Cc1cc(C(=O)CO)c(C)c(Cl)c1O)C1CC(=O)C(C)(C)O1. The summed E-state index contributed by atoms with van der Waals surface area (Å²) in [7, 11) is 0. The number of rotatable bonds is 8. The second-order valence-electron chi connectivity index (χ2n) is 8.44. The van der Waals surface area contributed by atoms with Gasteiger partial charge in [0.25, 0.3) is 0 Å². The van der Waals surface area contributed by atoms with Crippen molar-refractivity contribution in [1.82, 2.24) is 0 Å². The minimum Gasteiger partial charge on any atom is -0.506 e. The van der Waals surface area contributed by atoms with Crippen molar-refractivity contribution < 1.29 is 24.5 Å². The lowest BCUT2D eigenvalue weighted by Crippen LogP contribution is -2.27. The molecule has 164 valence electrons. The number of carbonyl (C=O) groups excluding carboxylic acids is 2. The molecule has 0 radical (unpaired) electrons. The number of benzene rings is 1. The number of aliphatic hydroxyl groups excluding tert-OH is 1. The van der Waals surface area contributed by atoms with E-state index in [-0.39, 0.29) is 22.7 Å². The molecule has 1 fully saturated rings. The molecule has 0 aromatic heterocycles. The Labute approximate surface area is 183 Å². The minimum atomic E-state index is -0.705. The van der Waals surface area contributed by atoms with Crippen molar-refractivity contribution in [3.05, 3.63) is 51.1 Å². The fraction of sp³-hybridized carbons (Fsp3) is 0.500. The number of aromatic hydroxyl groups is 1. The molecule has 30 heavy (non-hydrogen) atoms. The van der Waals surface area contributed by atoms with Crippen molar-refractivity contribution in [2.24, 2.45) is 0 Å². The zero-order chi connectivity index (χ0) is 22.6. The lowest BCUT2D eigenvalue weighted by molar-refractivity contribution is -0.129. The smallest absolute Gasteiger partial charge is 0.188 e. The number of allylic oxidation sites excluding steroid dienone is 3. The van der Waals surface area contributed by atoms with Crippen LogP contribution >= 0.6 is 11.6 Å². The van der Waals surface area contributed by atoms with Gasteiger partial charge in [0, 0.05) is 12.0 Å². The molecule has 1 aliphatic rings. The second-order valence-corrected chi connectivity index (χ2v) is 8.82. The molecule has 1 aliphatic heterocycles. The lowest BCUT2D eigenvalue weighted by Gasteiger charge is -2.18. The van der Waals surface area contributed by atoms with E-state index in [1.165, 1.54) is 0 Å². The van der Waals surface area contributed by atoms with E-state index in [2.05, 4.69) is 6.08 Å². The molecule has 1 aromatic carbocycles. The Kier molecular flexibility index (Phi) is 8.03. The van der Waals surface area contributed by atoms with Crippen LogP contribution in [-0.2, 0) is 16.0 Å². The Morgan fingerprint density at radius 1 is 1.33 bits per heavy atom. The predicted molar refractivity (Wildman–Crippen MR) is 118 cm³/mol. The summed E-state index contributed by atoms with van der Waals surface area (Å²) in [5.41, 5.74) is 2.84. The van der Waals surface area contributed by atoms with Crippen LogP contribution in [0.3, 0.4) is 0 Å². The van der Waals surface area contributed by atoms with E-state index in [0.29, 0.717) is 29.5 Å². The first-order valence-corrected chi connectivity index (χ1v) is 10.5. The zero-order valence-corrected chi connectivity index (χ0v) is 19.1. The van der Waals surface area contributed by atoms with Crippen molar-refractivity contribution in [3.63, 3.8) is 0 Å². The third-order valence-electron chi connectivity index (χ3n) is 5.67. The van der Waals surface area contributed by atoms with Gasteiger partial charge in [-0.1, -0.05) is 29.3 Å². The van der Waals surface area contributed by atoms with Crippen LogP contribution in [-0.4, -0.2) is 40.1 Å². The zero-order valence-electron chi connectivity index (χ0n) is 18.3. The van der Waals surface area contributed by atoms with Gasteiger partial charge in [0.1, 0.15) is 18.0 Å². The van der Waals surface area contributed by atoms with Crippen molar-refractivity contribution in [2.75, 3.05) is 6.61 Å². The van der Waals surface area contributed by atoms with Gasteiger partial charge in [-0.15, -0.1) is 0 Å². The van der Waals surface area contributed by atoms with Gasteiger partial charge < -0.3 is 14.9 Å². The first-order valence-electron chi connectivity index (χ1n) is 10.2. The summed E-state index contributed by atoms with van der Waals surface area (Å²) >= 11 is 6.17. The maximum atomic E-state index is 11.9. The lowest BCUT2D eigenvalue weighted by atomic mass is 9.97. The molecule has 1 aromatic rings. The number of hydrogen-bond acceptors (Lipinski definition) is 5. The molecule has 1 atom stereocenters. The van der Waals surface area contributed by atoms with Crippen LogP contribution in [0, 0.1) is 6.92 Å². The van der Waals surface area contributed by atoms with Gasteiger partial charge >= 0.3 is 0 Å². The van der Waals surface area contributed by atoms with Crippen LogP contribution in [0.15, 0.2) is 29.4 Å². The molecule has 0 bridgehead atoms. The molecule has 6 heteroatoms. The molecule has 1 saturated heterocycles. The van der Waals surface area contributed by atoms with E-state index in [1.54, 1.807) is 13.0 Å². The highest BCUT2D eigenvalue weighted by Crippen LogP contribution is 2.34. The monoisotopic (exact) mass is 434 g/mol. The number of hydrogen-bond donors (Lipinski definition) is 2. The van der Waals surface area contributed by atoms with Crippen molar-refractivity contribution in [2.45, 2.75) is 72.0 Å². The van der Waals surface area contributed by atoms with Gasteiger partial charge in [0.15, 0.2) is 11.6 Å². The fourth-order valence-electron chi connectivity index (χ4n) is 3.49. The average molecular weight is 435 g/mol. The Morgan fingerprint density at radius 3 is 2.57 bits per heavy atom. The Balaban J connectivity index is 2.01. The van der Waals surface area contributed by atoms with Gasteiger partial charge in [0.05, 0.1) is 11.1 Å². The molecule has 5 nitrogen and oxygen atoms in total. The highest BCUT2D eigenvalue weighted by atomic mass is 35.5. The number of phenolic OH excluding ortho intramolecular Hbond substituents is 1. The summed E-state index contributed by atoms with van der Waals surface area (Å²) in [5, 5.41) is 19.6. The molecule has 0 spiro atoms. The summed E-state index contributed by atoms with van der Waals surface area (Å²) in [6, 6.07) is 1.60. The second kappa shape index (κ2) is 9.90. The normalized spacial score (nSPS) is 19.4. The van der Waals surface area contributed by atoms with E-state index >= 15 is 0 Å². The number of Topliss-reactive ketones (excluding diaryl/α,β-unsaturated/α-hetero) is 2. The van der Waals surface area contributed by atoms with Gasteiger partial charge in [-0.25, -0.2) is 0 Å². The van der Waals surface area contributed by atoms with E-state index in [9.17, 15) is 14.7 Å². The number of carbonyl (C=O) groups is 2. The van der Waals surface area contributed by atoms with Crippen molar-refractivity contribution in [1.29, 1.82) is 0 Å². The summed E-state index contributed by atoms with van der Waals surface area (Å²) in [4.78, 5) is 23.9. The Morgan fingerprint density at radius 2 is 2.00 bits per heavy atom. The van der Waals surface area contributed by atoms with Crippen LogP contribution in [0.1, 0.15) is 68.4 Å². The first-order chi connectivity index (χ1) is 14.0. The number of halogens is 1.